The van der Waals surface area contributed by atoms with Crippen LogP contribution in [0, 0.1) is 0 Å². The normalized spacial score (nSPS) is 11.4. The predicted octanol–water partition coefficient (Wildman–Crippen LogP) is 4.76. The highest BCUT2D eigenvalue weighted by Gasteiger charge is 2.02. The Morgan fingerprint density at radius 1 is 1.00 bits per heavy atom. The fraction of sp³-hybridized carbons (Fsp3) is 0. The predicted molar refractivity (Wildman–Crippen MR) is 77.1 cm³/mol. The molecule has 0 N–H and O–H groups in total. The van der Waals surface area contributed by atoms with Gasteiger partial charge in [0.1, 0.15) is 5.52 Å². The van der Waals surface area contributed by atoms with Gasteiger partial charge in [-0.3, -0.25) is 0 Å². The minimum absolute atomic E-state index is 0.618. The van der Waals surface area contributed by atoms with Crippen molar-refractivity contribution in [2.45, 2.75) is 0 Å². The number of halogens is 1. The molecule has 0 radical (unpaired) electrons. The first-order valence-corrected chi connectivity index (χ1v) is 6.40. The van der Waals surface area contributed by atoms with E-state index in [0.717, 1.165) is 21.1 Å². The first-order chi connectivity index (χ1) is 8.81. The van der Waals surface area contributed by atoms with Crippen LogP contribution in [-0.4, -0.2) is 4.98 Å². The van der Waals surface area contributed by atoms with Gasteiger partial charge in [-0.25, -0.2) is 4.98 Å². The zero-order valence-corrected chi connectivity index (χ0v) is 11.1. The van der Waals surface area contributed by atoms with Crippen LogP contribution < -0.4 is 0 Å². The summed E-state index contributed by atoms with van der Waals surface area (Å²) in [7, 11) is 0. The third-order valence-corrected chi connectivity index (χ3v) is 3.08. The van der Waals surface area contributed by atoms with Gasteiger partial charge < -0.3 is 4.42 Å². The Morgan fingerprint density at radius 3 is 2.67 bits per heavy atom. The van der Waals surface area contributed by atoms with Gasteiger partial charge in [-0.15, -0.1) is 0 Å². The second kappa shape index (κ2) is 4.78. The number of oxazole rings is 1. The zero-order chi connectivity index (χ0) is 12.4. The lowest BCUT2D eigenvalue weighted by atomic mass is 10.2. The third-order valence-electron chi connectivity index (χ3n) is 2.58. The monoisotopic (exact) mass is 299 g/mol. The van der Waals surface area contributed by atoms with Gasteiger partial charge in [-0.05, 0) is 29.8 Å². The summed E-state index contributed by atoms with van der Waals surface area (Å²) in [6.07, 6.45) is 3.86. The first-order valence-electron chi connectivity index (χ1n) is 5.60. The van der Waals surface area contributed by atoms with Gasteiger partial charge in [0.2, 0.25) is 5.89 Å². The van der Waals surface area contributed by atoms with E-state index < -0.39 is 0 Å². The van der Waals surface area contributed by atoms with Crippen molar-refractivity contribution in [1.29, 1.82) is 0 Å². The van der Waals surface area contributed by atoms with Crippen molar-refractivity contribution in [3.63, 3.8) is 0 Å². The highest BCUT2D eigenvalue weighted by Crippen LogP contribution is 2.21. The number of hydrogen-bond acceptors (Lipinski definition) is 2. The number of fused-ring (bicyclic) bond motifs is 1. The number of nitrogens with zero attached hydrogens (tertiary/aromatic N) is 1. The molecule has 0 unspecified atom stereocenters. The van der Waals surface area contributed by atoms with Crippen molar-refractivity contribution in [1.82, 2.24) is 4.98 Å². The lowest BCUT2D eigenvalue weighted by Crippen LogP contribution is -1.71. The molecule has 0 aliphatic rings. The second-order valence-corrected chi connectivity index (χ2v) is 4.82. The molecular weight excluding hydrogens is 290 g/mol. The van der Waals surface area contributed by atoms with Crippen molar-refractivity contribution in [3.05, 3.63) is 64.5 Å². The number of hydrogen-bond donors (Lipinski definition) is 0. The fourth-order valence-corrected chi connectivity index (χ4v) is 2.06. The smallest absolute Gasteiger partial charge is 0.220 e. The number of rotatable bonds is 2. The summed E-state index contributed by atoms with van der Waals surface area (Å²) in [6, 6.07) is 15.9. The second-order valence-electron chi connectivity index (χ2n) is 3.91. The molecule has 88 valence electrons. The average molecular weight is 300 g/mol. The van der Waals surface area contributed by atoms with Gasteiger partial charge in [-0.1, -0.05) is 46.3 Å². The van der Waals surface area contributed by atoms with E-state index in [2.05, 4.69) is 20.9 Å². The molecule has 0 atom stereocenters. The van der Waals surface area contributed by atoms with Crippen LogP contribution >= 0.6 is 15.9 Å². The Kier molecular flexibility index (Phi) is 2.99. The van der Waals surface area contributed by atoms with E-state index in [9.17, 15) is 0 Å². The molecule has 0 spiro atoms. The van der Waals surface area contributed by atoms with Gasteiger partial charge in [0.15, 0.2) is 5.58 Å². The summed E-state index contributed by atoms with van der Waals surface area (Å²) in [5, 5.41) is 0. The standard InChI is InChI=1S/C15H10BrNO/c16-12-7-8-13-14(10-12)18-15(17-13)9-6-11-4-2-1-3-5-11/h1-10H. The van der Waals surface area contributed by atoms with E-state index in [1.807, 2.05) is 60.7 Å². The van der Waals surface area contributed by atoms with Crippen molar-refractivity contribution >= 4 is 39.2 Å². The molecule has 1 aromatic heterocycles. The Hall–Kier alpha value is -1.87. The van der Waals surface area contributed by atoms with Crippen LogP contribution in [0.4, 0.5) is 0 Å². The maximum Gasteiger partial charge on any atom is 0.220 e. The van der Waals surface area contributed by atoms with Gasteiger partial charge in [-0.2, -0.15) is 0 Å². The van der Waals surface area contributed by atoms with Crippen molar-refractivity contribution in [3.8, 4) is 0 Å². The summed E-state index contributed by atoms with van der Waals surface area (Å²) in [5.41, 5.74) is 2.78. The fourth-order valence-electron chi connectivity index (χ4n) is 1.72. The lowest BCUT2D eigenvalue weighted by Gasteiger charge is -1.89. The Balaban J connectivity index is 1.93. The summed E-state index contributed by atoms with van der Waals surface area (Å²) >= 11 is 3.41. The molecule has 1 heterocycles. The maximum atomic E-state index is 5.64. The Morgan fingerprint density at radius 2 is 1.83 bits per heavy atom. The van der Waals surface area contributed by atoms with Crippen molar-refractivity contribution in [2.75, 3.05) is 0 Å². The van der Waals surface area contributed by atoms with Crippen LogP contribution in [0.15, 0.2) is 57.4 Å². The summed E-state index contributed by atoms with van der Waals surface area (Å²) < 4.78 is 6.63. The molecule has 3 rings (SSSR count). The Labute approximate surface area is 113 Å². The third kappa shape index (κ3) is 2.36. The van der Waals surface area contributed by atoms with Crippen LogP contribution in [0.1, 0.15) is 11.5 Å². The molecular formula is C15H10BrNO. The molecule has 0 saturated carbocycles. The number of benzene rings is 2. The summed E-state index contributed by atoms with van der Waals surface area (Å²) in [5.74, 6) is 0.618. The van der Waals surface area contributed by atoms with Crippen LogP contribution in [0.3, 0.4) is 0 Å². The van der Waals surface area contributed by atoms with Crippen LogP contribution in [-0.2, 0) is 0 Å². The van der Waals surface area contributed by atoms with Gasteiger partial charge >= 0.3 is 0 Å². The molecule has 0 fully saturated rings. The van der Waals surface area contributed by atoms with Crippen molar-refractivity contribution < 1.29 is 4.42 Å². The molecule has 2 nitrogen and oxygen atoms in total. The minimum atomic E-state index is 0.618. The average Bonchev–Trinajstić information content (AvgIpc) is 2.79. The molecule has 0 saturated heterocycles. The van der Waals surface area contributed by atoms with Crippen LogP contribution in [0.2, 0.25) is 0 Å². The molecule has 18 heavy (non-hydrogen) atoms. The molecule has 0 amide bonds. The number of aromatic nitrogens is 1. The topological polar surface area (TPSA) is 26.0 Å². The van der Waals surface area contributed by atoms with Gasteiger partial charge in [0.05, 0.1) is 0 Å². The molecule has 3 aromatic rings. The van der Waals surface area contributed by atoms with Gasteiger partial charge in [0.25, 0.3) is 0 Å². The van der Waals surface area contributed by atoms with Crippen molar-refractivity contribution in [2.24, 2.45) is 0 Å². The van der Waals surface area contributed by atoms with E-state index >= 15 is 0 Å². The maximum absolute atomic E-state index is 5.64. The van der Waals surface area contributed by atoms with Crippen LogP contribution in [0.5, 0.6) is 0 Å². The molecule has 0 aliphatic heterocycles. The van der Waals surface area contributed by atoms with E-state index in [1.165, 1.54) is 0 Å². The molecule has 0 bridgehead atoms. The highest BCUT2D eigenvalue weighted by molar-refractivity contribution is 9.10. The largest absolute Gasteiger partial charge is 0.437 e. The lowest BCUT2D eigenvalue weighted by molar-refractivity contribution is 0.589. The van der Waals surface area contributed by atoms with Gasteiger partial charge in [0, 0.05) is 10.5 Å². The van der Waals surface area contributed by atoms with E-state index in [-0.39, 0.29) is 0 Å². The molecule has 2 aromatic carbocycles. The van der Waals surface area contributed by atoms with E-state index in [4.69, 9.17) is 4.42 Å². The SMILES string of the molecule is Brc1ccc2nc(C=Cc3ccccc3)oc2c1. The molecule has 3 heteroatoms. The highest BCUT2D eigenvalue weighted by atomic mass is 79.9. The van der Waals surface area contributed by atoms with E-state index in [0.29, 0.717) is 5.89 Å². The van der Waals surface area contributed by atoms with Crippen LogP contribution in [0.25, 0.3) is 23.3 Å². The van der Waals surface area contributed by atoms with E-state index in [1.54, 1.807) is 0 Å². The summed E-state index contributed by atoms with van der Waals surface area (Å²) in [6.45, 7) is 0. The summed E-state index contributed by atoms with van der Waals surface area (Å²) in [4.78, 5) is 4.39. The first kappa shape index (κ1) is 11.2. The quantitative estimate of drug-likeness (QED) is 0.682. The Bertz CT molecular complexity index is 701. The minimum Gasteiger partial charge on any atom is -0.437 e. The zero-order valence-electron chi connectivity index (χ0n) is 9.51. The molecule has 0 aliphatic carbocycles.